The van der Waals surface area contributed by atoms with E-state index in [4.69, 9.17) is 9.52 Å². The molecule has 0 bridgehead atoms. The van der Waals surface area contributed by atoms with Gasteiger partial charge in [0.25, 0.3) is 0 Å². The van der Waals surface area contributed by atoms with E-state index in [2.05, 4.69) is 21.2 Å². The number of rotatable bonds is 5. The molecular formula is C15H16BrNO3. The highest BCUT2D eigenvalue weighted by atomic mass is 79.9. The van der Waals surface area contributed by atoms with Crippen molar-refractivity contribution in [1.29, 1.82) is 0 Å². The molecule has 1 unspecified atom stereocenters. The van der Waals surface area contributed by atoms with Crippen molar-refractivity contribution >= 4 is 21.9 Å². The van der Waals surface area contributed by atoms with Crippen LogP contribution < -0.4 is 5.32 Å². The van der Waals surface area contributed by atoms with Crippen LogP contribution in [0.15, 0.2) is 39.2 Å². The zero-order valence-electron chi connectivity index (χ0n) is 11.3. The predicted molar refractivity (Wildman–Crippen MR) is 79.8 cm³/mol. The smallest absolute Gasteiger partial charge is 0.335 e. The fourth-order valence-corrected chi connectivity index (χ4v) is 2.39. The summed E-state index contributed by atoms with van der Waals surface area (Å²) in [5.41, 5.74) is 1.28. The Kier molecular flexibility index (Phi) is 4.62. The number of carboxylic acids is 1. The van der Waals surface area contributed by atoms with Crippen molar-refractivity contribution in [3.63, 3.8) is 0 Å². The normalized spacial score (nSPS) is 12.3. The van der Waals surface area contributed by atoms with E-state index in [1.54, 1.807) is 18.2 Å². The summed E-state index contributed by atoms with van der Waals surface area (Å²) in [6.45, 7) is 4.57. The van der Waals surface area contributed by atoms with Gasteiger partial charge in [-0.05, 0) is 43.7 Å². The third kappa shape index (κ3) is 3.49. The lowest BCUT2D eigenvalue weighted by atomic mass is 10.1. The summed E-state index contributed by atoms with van der Waals surface area (Å²) >= 11 is 3.40. The summed E-state index contributed by atoms with van der Waals surface area (Å²) in [6.07, 6.45) is 0. The zero-order chi connectivity index (χ0) is 14.7. The van der Waals surface area contributed by atoms with E-state index >= 15 is 0 Å². The van der Waals surface area contributed by atoms with Gasteiger partial charge in [0.2, 0.25) is 0 Å². The number of hydrogen-bond donors (Lipinski definition) is 2. The maximum absolute atomic E-state index is 10.9. The molecule has 0 saturated carbocycles. The quantitative estimate of drug-likeness (QED) is 0.868. The summed E-state index contributed by atoms with van der Waals surface area (Å²) in [6, 6.07) is 9.00. The molecule has 2 aromatic rings. The first-order valence-electron chi connectivity index (χ1n) is 6.29. The van der Waals surface area contributed by atoms with Gasteiger partial charge >= 0.3 is 5.97 Å². The zero-order valence-corrected chi connectivity index (χ0v) is 12.9. The standard InChI is InChI=1S/C15H16BrNO3/c1-9-3-6-14(20-9)10(2)17-8-12-5-4-11(15(18)19)7-13(12)16/h3-7,10,17H,8H2,1-2H3,(H,18,19). The number of hydrogen-bond acceptors (Lipinski definition) is 3. The number of furan rings is 1. The van der Waals surface area contributed by atoms with Crippen molar-refractivity contribution in [2.75, 3.05) is 0 Å². The van der Waals surface area contributed by atoms with Crippen LogP contribution >= 0.6 is 15.9 Å². The molecule has 1 heterocycles. The minimum Gasteiger partial charge on any atom is -0.478 e. The number of carbonyl (C=O) groups is 1. The van der Waals surface area contributed by atoms with Crippen LogP contribution in [0.5, 0.6) is 0 Å². The van der Waals surface area contributed by atoms with Crippen LogP contribution in [0.3, 0.4) is 0 Å². The van der Waals surface area contributed by atoms with Crippen LogP contribution in [0.4, 0.5) is 0 Å². The maximum atomic E-state index is 10.9. The van der Waals surface area contributed by atoms with Crippen molar-refractivity contribution in [2.24, 2.45) is 0 Å². The third-order valence-electron chi connectivity index (χ3n) is 3.09. The average molecular weight is 338 g/mol. The molecule has 0 aliphatic rings. The molecule has 0 fully saturated rings. The molecule has 0 spiro atoms. The van der Waals surface area contributed by atoms with Crippen molar-refractivity contribution in [3.05, 3.63) is 57.5 Å². The molecule has 2 rings (SSSR count). The highest BCUT2D eigenvalue weighted by Gasteiger charge is 2.11. The molecule has 20 heavy (non-hydrogen) atoms. The van der Waals surface area contributed by atoms with Crippen LogP contribution in [0.1, 0.15) is 40.4 Å². The summed E-state index contributed by atoms with van der Waals surface area (Å²) in [4.78, 5) is 10.9. The third-order valence-corrected chi connectivity index (χ3v) is 3.82. The molecule has 0 aliphatic carbocycles. The minimum absolute atomic E-state index is 0.0924. The van der Waals surface area contributed by atoms with Gasteiger partial charge in [-0.1, -0.05) is 22.0 Å². The highest BCUT2D eigenvalue weighted by Crippen LogP contribution is 2.21. The Bertz CT molecular complexity index is 621. The Labute approximate surface area is 125 Å². The second-order valence-corrected chi connectivity index (χ2v) is 5.52. The minimum atomic E-state index is -0.926. The van der Waals surface area contributed by atoms with Crippen LogP contribution in [-0.4, -0.2) is 11.1 Å². The van der Waals surface area contributed by atoms with Gasteiger partial charge in [-0.15, -0.1) is 0 Å². The van der Waals surface area contributed by atoms with Gasteiger partial charge in [0, 0.05) is 11.0 Å². The fraction of sp³-hybridized carbons (Fsp3) is 0.267. The van der Waals surface area contributed by atoms with Crippen molar-refractivity contribution in [1.82, 2.24) is 5.32 Å². The molecule has 0 amide bonds. The summed E-state index contributed by atoms with van der Waals surface area (Å²) < 4.78 is 6.35. The van der Waals surface area contributed by atoms with Gasteiger partial charge in [0.05, 0.1) is 11.6 Å². The van der Waals surface area contributed by atoms with Crippen molar-refractivity contribution in [2.45, 2.75) is 26.4 Å². The first kappa shape index (κ1) is 14.8. The van der Waals surface area contributed by atoms with E-state index < -0.39 is 5.97 Å². The second kappa shape index (κ2) is 6.24. The summed E-state index contributed by atoms with van der Waals surface area (Å²) in [5, 5.41) is 12.3. The topological polar surface area (TPSA) is 62.5 Å². The van der Waals surface area contributed by atoms with Crippen LogP contribution in [0, 0.1) is 6.92 Å². The van der Waals surface area contributed by atoms with Crippen LogP contribution in [0.2, 0.25) is 0 Å². The Balaban J connectivity index is 2.02. The number of aryl methyl sites for hydroxylation is 1. The van der Waals surface area contributed by atoms with Gasteiger partial charge in [-0.3, -0.25) is 0 Å². The largest absolute Gasteiger partial charge is 0.478 e. The molecule has 1 atom stereocenters. The maximum Gasteiger partial charge on any atom is 0.335 e. The Morgan fingerprint density at radius 2 is 2.15 bits per heavy atom. The van der Waals surface area contributed by atoms with E-state index in [0.717, 1.165) is 21.6 Å². The van der Waals surface area contributed by atoms with E-state index in [-0.39, 0.29) is 11.6 Å². The number of nitrogens with one attached hydrogen (secondary N) is 1. The Morgan fingerprint density at radius 1 is 1.40 bits per heavy atom. The first-order valence-corrected chi connectivity index (χ1v) is 7.08. The first-order chi connectivity index (χ1) is 9.47. The molecule has 4 nitrogen and oxygen atoms in total. The average Bonchev–Trinajstić information content (AvgIpc) is 2.83. The van der Waals surface area contributed by atoms with Gasteiger partial charge in [-0.25, -0.2) is 4.79 Å². The number of halogens is 1. The monoisotopic (exact) mass is 337 g/mol. The SMILES string of the molecule is Cc1ccc(C(C)NCc2ccc(C(=O)O)cc2Br)o1. The fourth-order valence-electron chi connectivity index (χ4n) is 1.87. The van der Waals surface area contributed by atoms with Crippen molar-refractivity contribution in [3.8, 4) is 0 Å². The van der Waals surface area contributed by atoms with Crippen molar-refractivity contribution < 1.29 is 14.3 Å². The van der Waals surface area contributed by atoms with Crippen LogP contribution in [-0.2, 0) is 6.54 Å². The molecule has 0 saturated heterocycles. The summed E-state index contributed by atoms with van der Waals surface area (Å²) in [5.74, 6) is 0.853. The van der Waals surface area contributed by atoms with E-state index in [9.17, 15) is 4.79 Å². The lowest BCUT2D eigenvalue weighted by Crippen LogP contribution is -2.18. The molecule has 106 valence electrons. The molecule has 0 radical (unpaired) electrons. The Hall–Kier alpha value is -1.59. The molecule has 5 heteroatoms. The van der Waals surface area contributed by atoms with Gasteiger partial charge in [-0.2, -0.15) is 0 Å². The van der Waals surface area contributed by atoms with Crippen LogP contribution in [0.25, 0.3) is 0 Å². The number of carboxylic acid groups (broad SMARTS) is 1. The molecule has 2 N–H and O–H groups in total. The van der Waals surface area contributed by atoms with E-state index in [1.807, 2.05) is 26.0 Å². The molecular weight excluding hydrogens is 322 g/mol. The van der Waals surface area contributed by atoms with E-state index in [0.29, 0.717) is 6.54 Å². The predicted octanol–water partition coefficient (Wildman–Crippen LogP) is 3.90. The van der Waals surface area contributed by atoms with Gasteiger partial charge in [0.15, 0.2) is 0 Å². The van der Waals surface area contributed by atoms with E-state index in [1.165, 1.54) is 0 Å². The summed E-state index contributed by atoms with van der Waals surface area (Å²) in [7, 11) is 0. The lowest BCUT2D eigenvalue weighted by Gasteiger charge is -2.12. The number of benzene rings is 1. The highest BCUT2D eigenvalue weighted by molar-refractivity contribution is 9.10. The molecule has 1 aromatic carbocycles. The molecule has 0 aliphatic heterocycles. The lowest BCUT2D eigenvalue weighted by molar-refractivity contribution is 0.0697. The molecule has 1 aromatic heterocycles. The van der Waals surface area contributed by atoms with Gasteiger partial charge < -0.3 is 14.8 Å². The van der Waals surface area contributed by atoms with Gasteiger partial charge in [0.1, 0.15) is 11.5 Å². The second-order valence-electron chi connectivity index (χ2n) is 4.66. The number of aromatic carboxylic acids is 1. The Morgan fingerprint density at radius 3 is 2.70 bits per heavy atom.